The van der Waals surface area contributed by atoms with Gasteiger partial charge in [0.15, 0.2) is 11.5 Å². The maximum atomic E-state index is 13.1. The van der Waals surface area contributed by atoms with Crippen LogP contribution in [-0.4, -0.2) is 76.4 Å². The number of H-pyrrole nitrogens is 1. The van der Waals surface area contributed by atoms with Crippen LogP contribution in [0.5, 0.6) is 11.5 Å². The fourth-order valence-electron chi connectivity index (χ4n) is 9.87. The van der Waals surface area contributed by atoms with E-state index in [4.69, 9.17) is 15.2 Å². The van der Waals surface area contributed by atoms with Gasteiger partial charge < -0.3 is 30.6 Å². The number of aromatic amines is 1. The second-order valence-electron chi connectivity index (χ2n) is 13.2. The number of carbonyl (C=O) groups excluding carboxylic acids is 1. The van der Waals surface area contributed by atoms with Crippen LogP contribution < -0.4 is 15.8 Å². The van der Waals surface area contributed by atoms with Gasteiger partial charge in [0.05, 0.1) is 12.4 Å². The number of methoxy groups -OCH3 is 1. The molecule has 5 aliphatic carbocycles. The predicted molar refractivity (Wildman–Crippen MR) is 143 cm³/mol. The van der Waals surface area contributed by atoms with Crippen molar-refractivity contribution in [2.24, 2.45) is 23.0 Å². The Morgan fingerprint density at radius 2 is 2.23 bits per heavy atom. The number of benzene rings is 1. The molecule has 3 unspecified atom stereocenters. The zero-order valence-corrected chi connectivity index (χ0v) is 22.6. The van der Waals surface area contributed by atoms with E-state index >= 15 is 0 Å². The molecule has 7 aliphatic rings. The van der Waals surface area contributed by atoms with Crippen LogP contribution in [0.1, 0.15) is 55.3 Å². The molecular formula is C30H39N5O4. The first kappa shape index (κ1) is 24.2. The van der Waals surface area contributed by atoms with E-state index in [-0.39, 0.29) is 34.5 Å². The van der Waals surface area contributed by atoms with Gasteiger partial charge in [-0.25, -0.2) is 4.98 Å². The van der Waals surface area contributed by atoms with Crippen molar-refractivity contribution in [3.63, 3.8) is 0 Å². The molecule has 1 aromatic heterocycles. The van der Waals surface area contributed by atoms with Crippen molar-refractivity contribution in [1.29, 1.82) is 0 Å². The van der Waals surface area contributed by atoms with Gasteiger partial charge in [-0.2, -0.15) is 0 Å². The minimum Gasteiger partial charge on any atom is -0.504 e. The smallest absolute Gasteiger partial charge is 0.237 e. The minimum absolute atomic E-state index is 0.0323. The Hall–Kier alpha value is -2.62. The third-order valence-corrected chi connectivity index (χ3v) is 11.7. The van der Waals surface area contributed by atoms with E-state index in [1.165, 1.54) is 30.5 Å². The van der Waals surface area contributed by atoms with Gasteiger partial charge in [0.2, 0.25) is 5.91 Å². The summed E-state index contributed by atoms with van der Waals surface area (Å²) < 4.78 is 13.4. The van der Waals surface area contributed by atoms with Crippen LogP contribution in [0.25, 0.3) is 0 Å². The third kappa shape index (κ3) is 3.07. The number of rotatable bonds is 8. The van der Waals surface area contributed by atoms with Crippen molar-refractivity contribution in [1.82, 2.24) is 20.2 Å². The highest BCUT2D eigenvalue weighted by atomic mass is 16.6. The van der Waals surface area contributed by atoms with Crippen LogP contribution in [0, 0.1) is 17.3 Å². The second-order valence-corrected chi connectivity index (χ2v) is 13.2. The molecule has 5 N–H and O–H groups in total. The van der Waals surface area contributed by atoms with Gasteiger partial charge in [-0.05, 0) is 69.0 Å². The quantitative estimate of drug-likeness (QED) is 0.409. The number of nitrogens with one attached hydrogen (secondary N) is 2. The third-order valence-electron chi connectivity index (χ3n) is 11.7. The summed E-state index contributed by atoms with van der Waals surface area (Å²) in [6.07, 6.45) is 11.3. The van der Waals surface area contributed by atoms with Gasteiger partial charge in [-0.1, -0.05) is 6.07 Å². The molecule has 9 heteroatoms. The molecule has 3 heterocycles. The molecule has 9 nitrogen and oxygen atoms in total. The minimum atomic E-state index is -0.649. The lowest BCUT2D eigenvalue weighted by Crippen LogP contribution is -2.81. The monoisotopic (exact) mass is 533 g/mol. The summed E-state index contributed by atoms with van der Waals surface area (Å²) in [6.45, 7) is 2.76. The van der Waals surface area contributed by atoms with E-state index in [0.29, 0.717) is 24.8 Å². The number of phenols is 1. The number of imidazole rings is 1. The van der Waals surface area contributed by atoms with Gasteiger partial charge in [-0.3, -0.25) is 9.69 Å². The number of nitrogens with zero attached hydrogens (tertiary/aromatic N) is 2. The first-order chi connectivity index (χ1) is 18.9. The fraction of sp³-hybridized carbons (Fsp3) is 0.667. The normalized spacial score (nSPS) is 38.3. The van der Waals surface area contributed by atoms with E-state index in [1.54, 1.807) is 12.5 Å². The van der Waals surface area contributed by atoms with Crippen LogP contribution in [-0.2, 0) is 27.8 Å². The number of hydrogen-bond donors (Lipinski definition) is 4. The number of carbonyl (C=O) groups is 1. The Balaban J connectivity index is 1.16. The molecule has 1 saturated heterocycles. The highest BCUT2D eigenvalue weighted by molar-refractivity contribution is 5.81. The number of nitrogens with two attached hydrogens (primary N) is 1. The number of amides is 1. The molecule has 2 aromatic rings. The van der Waals surface area contributed by atoms with Crippen LogP contribution in [0.2, 0.25) is 0 Å². The number of likely N-dealkylation sites (tertiary alicyclic amines) is 1. The fourth-order valence-corrected chi connectivity index (χ4v) is 9.87. The van der Waals surface area contributed by atoms with Gasteiger partial charge in [0.25, 0.3) is 0 Å². The average molecular weight is 534 g/mol. The Morgan fingerprint density at radius 3 is 3.00 bits per heavy atom. The zero-order valence-electron chi connectivity index (χ0n) is 22.6. The van der Waals surface area contributed by atoms with Crippen LogP contribution >= 0.6 is 0 Å². The van der Waals surface area contributed by atoms with Crippen molar-refractivity contribution >= 4 is 5.91 Å². The lowest BCUT2D eigenvalue weighted by molar-refractivity contribution is -0.276. The second kappa shape index (κ2) is 8.21. The molecule has 1 aromatic carbocycles. The molecule has 39 heavy (non-hydrogen) atoms. The zero-order chi connectivity index (χ0) is 26.6. The maximum absolute atomic E-state index is 13.1. The average Bonchev–Trinajstić information content (AvgIpc) is 3.46. The molecule has 5 fully saturated rings. The molecule has 7 atom stereocenters. The highest BCUT2D eigenvalue weighted by Crippen LogP contribution is 2.76. The predicted octanol–water partition coefficient (Wildman–Crippen LogP) is 2.03. The van der Waals surface area contributed by atoms with Crippen LogP contribution in [0.4, 0.5) is 0 Å². The number of phenolic OH excluding ortho intramolecular Hbond substituents is 1. The Bertz CT molecular complexity index is 1310. The lowest BCUT2D eigenvalue weighted by Gasteiger charge is -2.74. The van der Waals surface area contributed by atoms with E-state index < -0.39 is 11.6 Å². The molecule has 2 aliphatic heterocycles. The number of fused-ring (bicyclic) bond motifs is 2. The molecule has 9 rings (SSSR count). The summed E-state index contributed by atoms with van der Waals surface area (Å²) in [5, 5.41) is 14.2. The van der Waals surface area contributed by atoms with E-state index in [9.17, 15) is 9.90 Å². The summed E-state index contributed by atoms with van der Waals surface area (Å²) in [7, 11) is 1.81. The van der Waals surface area contributed by atoms with E-state index in [0.717, 1.165) is 50.3 Å². The summed E-state index contributed by atoms with van der Waals surface area (Å²) in [5.41, 5.74) is 9.07. The summed E-state index contributed by atoms with van der Waals surface area (Å²) in [5.74, 6) is 1.70. The van der Waals surface area contributed by atoms with Crippen molar-refractivity contribution in [2.75, 3.05) is 26.7 Å². The first-order valence-electron chi connectivity index (χ1n) is 14.7. The summed E-state index contributed by atoms with van der Waals surface area (Å²) >= 11 is 0. The SMILES string of the molecule is COC12CC[C@@]3(CC1CNC(=O)[C@@H](N)Cc1cnc[nH]1)[C@H]1Cc4ccc(O)c5c4[C@@]3(CCN1CC1CC1)C2O5. The first-order valence-corrected chi connectivity index (χ1v) is 14.7. The van der Waals surface area contributed by atoms with Gasteiger partial charge in [-0.15, -0.1) is 0 Å². The Kier molecular flexibility index (Phi) is 5.09. The lowest BCUT2D eigenvalue weighted by atomic mass is 9.35. The number of aromatic hydroxyl groups is 1. The number of ether oxygens (including phenoxy) is 2. The van der Waals surface area contributed by atoms with Crippen molar-refractivity contribution in [3.05, 3.63) is 41.5 Å². The standard InChI is InChI=1S/C30H39N5O4/c1-38-30-7-6-28(12-19(30)13-33-26(37)21(31)11-20-14-32-16-34-20)23-10-18-4-5-22(36)25-24(18)29(28,27(30)39-25)8-9-35(23)15-17-2-3-17/h4-5,14,16-17,19,21,23,27,36H,2-3,6-13,15,31H2,1H3,(H,32,34)(H,33,37)/t19?,21-,23+,27?,28+,29-,30?/m0/s1. The molecule has 4 bridgehead atoms. The summed E-state index contributed by atoms with van der Waals surface area (Å²) in [4.78, 5) is 23.0. The molecule has 4 saturated carbocycles. The van der Waals surface area contributed by atoms with E-state index in [1.807, 2.05) is 13.2 Å². The Labute approximate surface area is 228 Å². The van der Waals surface area contributed by atoms with Crippen LogP contribution in [0.15, 0.2) is 24.7 Å². The van der Waals surface area contributed by atoms with Gasteiger partial charge in [0, 0.05) is 66.9 Å². The number of hydrogen-bond acceptors (Lipinski definition) is 7. The number of piperidine rings is 1. The topological polar surface area (TPSA) is 126 Å². The van der Waals surface area contributed by atoms with Crippen molar-refractivity contribution < 1.29 is 19.4 Å². The van der Waals surface area contributed by atoms with Crippen molar-refractivity contribution in [3.8, 4) is 11.5 Å². The molecule has 208 valence electrons. The number of aromatic nitrogens is 2. The van der Waals surface area contributed by atoms with E-state index in [2.05, 4.69) is 26.3 Å². The van der Waals surface area contributed by atoms with Crippen molar-refractivity contribution in [2.45, 2.75) is 80.6 Å². The van der Waals surface area contributed by atoms with Gasteiger partial charge >= 0.3 is 0 Å². The molecule has 1 amide bonds. The van der Waals surface area contributed by atoms with Crippen LogP contribution in [0.3, 0.4) is 0 Å². The highest BCUT2D eigenvalue weighted by Gasteiger charge is 2.80. The molecule has 2 spiro atoms. The summed E-state index contributed by atoms with van der Waals surface area (Å²) in [6, 6.07) is 3.75. The van der Waals surface area contributed by atoms with Gasteiger partial charge in [0.1, 0.15) is 11.7 Å². The largest absolute Gasteiger partial charge is 0.504 e. The Morgan fingerprint density at radius 1 is 1.36 bits per heavy atom. The molecule has 0 radical (unpaired) electrons. The maximum Gasteiger partial charge on any atom is 0.237 e. The molecular weight excluding hydrogens is 494 g/mol.